The molecule has 0 spiro atoms. The Bertz CT molecular complexity index is 675. The van der Waals surface area contributed by atoms with Crippen LogP contribution in [0.3, 0.4) is 0 Å². The molecule has 3 rings (SSSR count). The summed E-state index contributed by atoms with van der Waals surface area (Å²) in [5, 5.41) is 21.7. The third kappa shape index (κ3) is 1.82. The van der Waals surface area contributed by atoms with Crippen LogP contribution in [0.1, 0.15) is 29.8 Å². The van der Waals surface area contributed by atoms with Crippen LogP contribution in [0.2, 0.25) is 12.1 Å². The van der Waals surface area contributed by atoms with E-state index in [9.17, 15) is 15.0 Å². The van der Waals surface area contributed by atoms with Crippen molar-refractivity contribution in [3.05, 3.63) is 47.5 Å². The highest BCUT2D eigenvalue weighted by Gasteiger charge is 2.43. The summed E-state index contributed by atoms with van der Waals surface area (Å²) in [6.07, 6.45) is 0. The average molecular weight is 298 g/mol. The highest BCUT2D eigenvalue weighted by atomic mass is 28.3. The van der Waals surface area contributed by atoms with Crippen LogP contribution in [0.25, 0.3) is 0 Å². The molecule has 21 heavy (non-hydrogen) atoms. The standard InChI is InChI=1S/C17H18O3Si/c1-3-21(4-2)15-9-11(18)5-7-13(15)17(20)14-8-6-12(19)10-16(14)21/h5-10,18-19H,3-4H2,1-2H3. The van der Waals surface area contributed by atoms with Crippen LogP contribution in [-0.2, 0) is 0 Å². The summed E-state index contributed by atoms with van der Waals surface area (Å²) in [6, 6.07) is 12.0. The van der Waals surface area contributed by atoms with E-state index in [1.165, 1.54) is 0 Å². The molecule has 4 heteroatoms. The van der Waals surface area contributed by atoms with Gasteiger partial charge < -0.3 is 10.2 Å². The number of hydrogen-bond donors (Lipinski definition) is 2. The van der Waals surface area contributed by atoms with E-state index < -0.39 is 8.07 Å². The highest BCUT2D eigenvalue weighted by Crippen LogP contribution is 2.28. The Hall–Kier alpha value is -2.07. The number of carbonyl (C=O) groups excluding carboxylic acids is 1. The van der Waals surface area contributed by atoms with Crippen molar-refractivity contribution in [3.8, 4) is 11.5 Å². The number of aromatic hydroxyl groups is 2. The molecule has 0 aromatic heterocycles. The molecular weight excluding hydrogens is 280 g/mol. The molecule has 0 saturated heterocycles. The number of phenols is 2. The number of fused-ring (bicyclic) bond motifs is 2. The van der Waals surface area contributed by atoms with E-state index >= 15 is 0 Å². The molecule has 2 aromatic rings. The zero-order chi connectivity index (χ0) is 15.2. The number of benzene rings is 2. The maximum atomic E-state index is 12.7. The van der Waals surface area contributed by atoms with Crippen LogP contribution >= 0.6 is 0 Å². The Labute approximate surface area is 124 Å². The maximum absolute atomic E-state index is 12.7. The third-order valence-electron chi connectivity index (χ3n) is 4.73. The summed E-state index contributed by atoms with van der Waals surface area (Å²) in [5.74, 6) is 0.387. The molecule has 2 aromatic carbocycles. The molecule has 0 aliphatic carbocycles. The summed E-state index contributed by atoms with van der Waals surface area (Å²) >= 11 is 0. The molecule has 108 valence electrons. The van der Waals surface area contributed by atoms with Gasteiger partial charge in [0.25, 0.3) is 0 Å². The molecule has 0 unspecified atom stereocenters. The fourth-order valence-corrected chi connectivity index (χ4v) is 8.14. The fraction of sp³-hybridized carbons (Fsp3) is 0.235. The maximum Gasteiger partial charge on any atom is 0.192 e. The quantitative estimate of drug-likeness (QED) is 0.836. The van der Waals surface area contributed by atoms with Crippen molar-refractivity contribution in [3.63, 3.8) is 0 Å². The molecule has 0 saturated carbocycles. The lowest BCUT2D eigenvalue weighted by Gasteiger charge is -2.37. The van der Waals surface area contributed by atoms with Gasteiger partial charge in [-0.3, -0.25) is 4.79 Å². The second kappa shape index (κ2) is 4.74. The Morgan fingerprint density at radius 2 is 1.29 bits per heavy atom. The molecule has 1 aliphatic rings. The van der Waals surface area contributed by atoms with Gasteiger partial charge in [-0.1, -0.05) is 25.9 Å². The van der Waals surface area contributed by atoms with Crippen molar-refractivity contribution in [2.45, 2.75) is 25.9 Å². The van der Waals surface area contributed by atoms with Crippen LogP contribution in [-0.4, -0.2) is 24.1 Å². The smallest absolute Gasteiger partial charge is 0.192 e. The first-order valence-electron chi connectivity index (χ1n) is 7.25. The lowest BCUT2D eigenvalue weighted by Crippen LogP contribution is -2.63. The van der Waals surface area contributed by atoms with Crippen molar-refractivity contribution >= 4 is 24.2 Å². The fourth-order valence-electron chi connectivity index (χ4n) is 3.55. The van der Waals surface area contributed by atoms with Crippen LogP contribution in [0.4, 0.5) is 0 Å². The zero-order valence-corrected chi connectivity index (χ0v) is 13.2. The molecule has 0 amide bonds. The second-order valence-corrected chi connectivity index (χ2v) is 10.2. The lowest BCUT2D eigenvalue weighted by molar-refractivity contribution is 0.104. The predicted octanol–water partition coefficient (Wildman–Crippen LogP) is 2.25. The Morgan fingerprint density at radius 3 is 1.67 bits per heavy atom. The van der Waals surface area contributed by atoms with Gasteiger partial charge in [0.2, 0.25) is 0 Å². The predicted molar refractivity (Wildman–Crippen MR) is 85.6 cm³/mol. The van der Waals surface area contributed by atoms with Gasteiger partial charge in [0.1, 0.15) is 19.6 Å². The van der Waals surface area contributed by atoms with Crippen molar-refractivity contribution in [2.75, 3.05) is 0 Å². The van der Waals surface area contributed by atoms with Gasteiger partial charge in [0.05, 0.1) is 0 Å². The SMILES string of the molecule is CC[Si]1(CC)c2cc(O)ccc2C(=O)c2ccc(O)cc21. The van der Waals surface area contributed by atoms with Gasteiger partial charge >= 0.3 is 0 Å². The van der Waals surface area contributed by atoms with Crippen LogP contribution in [0, 0.1) is 0 Å². The number of hydrogen-bond acceptors (Lipinski definition) is 3. The van der Waals surface area contributed by atoms with Gasteiger partial charge in [0, 0.05) is 11.1 Å². The minimum absolute atomic E-state index is 0.00924. The van der Waals surface area contributed by atoms with Gasteiger partial charge in [0.15, 0.2) is 5.78 Å². The van der Waals surface area contributed by atoms with Gasteiger partial charge in [-0.2, -0.15) is 0 Å². The monoisotopic (exact) mass is 298 g/mol. The van der Waals surface area contributed by atoms with Crippen LogP contribution < -0.4 is 10.4 Å². The second-order valence-electron chi connectivity index (χ2n) is 5.58. The first-order chi connectivity index (χ1) is 10.0. The number of rotatable bonds is 2. The number of ketones is 1. The normalized spacial score (nSPS) is 15.4. The van der Waals surface area contributed by atoms with Crippen LogP contribution in [0.5, 0.6) is 11.5 Å². The summed E-state index contributed by atoms with van der Waals surface area (Å²) in [5.41, 5.74) is 1.42. The number of carbonyl (C=O) groups is 1. The molecule has 3 nitrogen and oxygen atoms in total. The summed E-state index contributed by atoms with van der Waals surface area (Å²) < 4.78 is 0. The molecular formula is C17H18O3Si. The first kappa shape index (κ1) is 13.9. The summed E-state index contributed by atoms with van der Waals surface area (Å²) in [6.45, 7) is 4.26. The van der Waals surface area contributed by atoms with E-state index in [0.717, 1.165) is 22.5 Å². The van der Waals surface area contributed by atoms with E-state index in [1.807, 2.05) is 0 Å². The van der Waals surface area contributed by atoms with Crippen LogP contribution in [0.15, 0.2) is 36.4 Å². The average Bonchev–Trinajstić information content (AvgIpc) is 2.48. The first-order valence-corrected chi connectivity index (χ1v) is 9.66. The van der Waals surface area contributed by atoms with Crippen molar-refractivity contribution in [1.82, 2.24) is 0 Å². The van der Waals surface area contributed by atoms with E-state index in [4.69, 9.17) is 0 Å². The molecule has 2 N–H and O–H groups in total. The van der Waals surface area contributed by atoms with E-state index in [1.54, 1.807) is 36.4 Å². The molecule has 0 radical (unpaired) electrons. The number of phenolic OH excluding ortho intramolecular Hbond substituents is 2. The molecule has 0 atom stereocenters. The third-order valence-corrected chi connectivity index (χ3v) is 10.0. The van der Waals surface area contributed by atoms with Gasteiger partial charge in [-0.05, 0) is 46.8 Å². The van der Waals surface area contributed by atoms with E-state index in [0.29, 0.717) is 11.1 Å². The van der Waals surface area contributed by atoms with Gasteiger partial charge in [-0.15, -0.1) is 0 Å². The molecule has 1 aliphatic heterocycles. The van der Waals surface area contributed by atoms with E-state index in [-0.39, 0.29) is 17.3 Å². The minimum Gasteiger partial charge on any atom is -0.508 e. The topological polar surface area (TPSA) is 57.5 Å². The Balaban J connectivity index is 2.40. The van der Waals surface area contributed by atoms with E-state index in [2.05, 4.69) is 13.8 Å². The van der Waals surface area contributed by atoms with Crippen molar-refractivity contribution in [2.24, 2.45) is 0 Å². The molecule has 1 heterocycles. The molecule has 0 bridgehead atoms. The van der Waals surface area contributed by atoms with Crippen molar-refractivity contribution in [1.29, 1.82) is 0 Å². The zero-order valence-electron chi connectivity index (χ0n) is 12.2. The Kier molecular flexibility index (Phi) is 3.13. The summed E-state index contributed by atoms with van der Waals surface area (Å²) in [4.78, 5) is 12.7. The highest BCUT2D eigenvalue weighted by molar-refractivity contribution is 7.04. The lowest BCUT2D eigenvalue weighted by atomic mass is 10.0. The van der Waals surface area contributed by atoms with Crippen molar-refractivity contribution < 1.29 is 15.0 Å². The summed E-state index contributed by atoms with van der Waals surface area (Å²) in [7, 11) is -2.12. The molecule has 0 fully saturated rings. The largest absolute Gasteiger partial charge is 0.508 e. The minimum atomic E-state index is -2.12. The Morgan fingerprint density at radius 1 is 0.857 bits per heavy atom. The van der Waals surface area contributed by atoms with Gasteiger partial charge in [-0.25, -0.2) is 0 Å².